The highest BCUT2D eigenvalue weighted by Gasteiger charge is 2.54. The molecule has 2 heterocycles. The summed E-state index contributed by atoms with van der Waals surface area (Å²) in [6.45, 7) is 4.53. The van der Waals surface area contributed by atoms with E-state index in [1.807, 2.05) is 0 Å². The molecule has 3 rings (SSSR count). The maximum Gasteiger partial charge on any atom is 0.510 e. The summed E-state index contributed by atoms with van der Waals surface area (Å²) in [5, 5.41) is 33.3. The van der Waals surface area contributed by atoms with E-state index < -0.39 is 69.0 Å². The van der Waals surface area contributed by atoms with Crippen molar-refractivity contribution in [2.45, 2.75) is 63.9 Å². The normalized spacial score (nSPS) is 24.0. The zero-order chi connectivity index (χ0) is 31.1. The molecule has 0 saturated carbocycles. The van der Waals surface area contributed by atoms with E-state index in [4.69, 9.17) is 23.4 Å². The lowest BCUT2D eigenvalue weighted by atomic mass is 9.96. The summed E-state index contributed by atoms with van der Waals surface area (Å²) in [4.78, 5) is 44.1. The van der Waals surface area contributed by atoms with Crippen LogP contribution >= 0.6 is 7.75 Å². The lowest BCUT2D eigenvalue weighted by molar-refractivity contribution is -0.138. The molecule has 2 aromatic rings. The number of para-hydroxylation sites is 1. The Hall–Kier alpha value is -3.57. The number of anilines is 1. The molecule has 232 valence electrons. The smallest absolute Gasteiger partial charge is 0.480 e. The standard InChI is InChI=1S/C24H33N4O13P/c1-14(2)39-23(33)36-13-37-26-18-10-11-28(22(32)25-18)21-24(4,34)19(29)17(40-21)12-38-42(35,27-15(3)20(30)31)41-16-8-6-5-7-9-16/h5-11,14-15,17,19,21,29,34H,12-13H2,1-4H3,(H,27,35)(H,30,31)(H,25,26,32)/t15-,17+,19?,21+,24+,42?/m0/s1. The van der Waals surface area contributed by atoms with Crippen LogP contribution in [0.1, 0.15) is 33.9 Å². The summed E-state index contributed by atoms with van der Waals surface area (Å²) in [5.41, 5.74) is -0.666. The Labute approximate surface area is 239 Å². The molecule has 18 heteroatoms. The van der Waals surface area contributed by atoms with E-state index in [-0.39, 0.29) is 17.7 Å². The molecule has 0 bridgehead atoms. The Morgan fingerprint density at radius 1 is 1.21 bits per heavy atom. The van der Waals surface area contributed by atoms with E-state index in [0.717, 1.165) is 4.57 Å². The molecular weight excluding hydrogens is 583 g/mol. The second-order valence-electron chi connectivity index (χ2n) is 9.51. The minimum atomic E-state index is -4.35. The van der Waals surface area contributed by atoms with Crippen LogP contribution in [-0.4, -0.2) is 80.3 Å². The summed E-state index contributed by atoms with van der Waals surface area (Å²) in [7, 11) is -4.35. The van der Waals surface area contributed by atoms with Crippen molar-refractivity contribution in [3.8, 4) is 5.75 Å². The fourth-order valence-electron chi connectivity index (χ4n) is 3.61. The van der Waals surface area contributed by atoms with Crippen LogP contribution in [0, 0.1) is 0 Å². The number of aromatic nitrogens is 2. The zero-order valence-electron chi connectivity index (χ0n) is 23.1. The lowest BCUT2D eigenvalue weighted by Gasteiger charge is -2.27. The van der Waals surface area contributed by atoms with Gasteiger partial charge in [-0.2, -0.15) is 10.1 Å². The Morgan fingerprint density at radius 2 is 1.90 bits per heavy atom. The molecule has 0 aliphatic carbocycles. The first-order chi connectivity index (χ1) is 19.7. The second-order valence-corrected chi connectivity index (χ2v) is 11.2. The van der Waals surface area contributed by atoms with E-state index >= 15 is 0 Å². The number of aliphatic hydroxyl groups excluding tert-OH is 1. The molecule has 42 heavy (non-hydrogen) atoms. The van der Waals surface area contributed by atoms with Gasteiger partial charge in [0.15, 0.2) is 12.0 Å². The third-order valence-electron chi connectivity index (χ3n) is 5.68. The highest BCUT2D eigenvalue weighted by molar-refractivity contribution is 7.52. The van der Waals surface area contributed by atoms with Gasteiger partial charge in [-0.15, -0.1) is 0 Å². The van der Waals surface area contributed by atoms with Gasteiger partial charge in [-0.25, -0.2) is 24.5 Å². The Balaban J connectivity index is 1.67. The number of carboxylic acid groups (broad SMARTS) is 1. The third kappa shape index (κ3) is 8.72. The third-order valence-corrected chi connectivity index (χ3v) is 7.33. The van der Waals surface area contributed by atoms with Crippen molar-refractivity contribution in [1.82, 2.24) is 14.6 Å². The van der Waals surface area contributed by atoms with Crippen LogP contribution in [-0.2, 0) is 32.9 Å². The van der Waals surface area contributed by atoms with E-state index in [2.05, 4.69) is 20.3 Å². The molecule has 2 unspecified atom stereocenters. The Morgan fingerprint density at radius 3 is 2.52 bits per heavy atom. The zero-order valence-corrected chi connectivity index (χ0v) is 24.0. The molecule has 1 saturated heterocycles. The van der Waals surface area contributed by atoms with Gasteiger partial charge < -0.3 is 34.1 Å². The number of carboxylic acids is 1. The molecule has 1 aliphatic heterocycles. The number of hydrogen-bond acceptors (Lipinski definition) is 14. The van der Waals surface area contributed by atoms with Gasteiger partial charge in [0.2, 0.25) is 6.79 Å². The van der Waals surface area contributed by atoms with Crippen LogP contribution in [0.4, 0.5) is 10.6 Å². The first kappa shape index (κ1) is 32.9. The van der Waals surface area contributed by atoms with Gasteiger partial charge in [-0.3, -0.25) is 13.9 Å². The summed E-state index contributed by atoms with van der Waals surface area (Å²) < 4.78 is 40.3. The number of hydrogen-bond donors (Lipinski definition) is 5. The highest BCUT2D eigenvalue weighted by atomic mass is 31.2. The maximum atomic E-state index is 13.4. The fraction of sp³-hybridized carbons (Fsp3) is 0.500. The fourth-order valence-corrected chi connectivity index (χ4v) is 5.11. The average Bonchev–Trinajstić information content (AvgIpc) is 3.13. The molecule has 17 nitrogen and oxygen atoms in total. The number of ether oxygens (including phenoxy) is 3. The van der Waals surface area contributed by atoms with Gasteiger partial charge in [0.25, 0.3) is 0 Å². The lowest BCUT2D eigenvalue weighted by Crippen LogP contribution is -2.46. The van der Waals surface area contributed by atoms with Crippen LogP contribution in [0.15, 0.2) is 47.4 Å². The Kier molecular flexibility index (Phi) is 11.0. The summed E-state index contributed by atoms with van der Waals surface area (Å²) in [6.07, 6.45) is -4.60. The predicted molar refractivity (Wildman–Crippen MR) is 142 cm³/mol. The van der Waals surface area contributed by atoms with Crippen LogP contribution in [0.2, 0.25) is 0 Å². The summed E-state index contributed by atoms with van der Waals surface area (Å²) >= 11 is 0. The molecule has 0 amide bonds. The van der Waals surface area contributed by atoms with Crippen molar-refractivity contribution in [2.75, 3.05) is 18.9 Å². The van der Waals surface area contributed by atoms with Crippen LogP contribution < -0.4 is 20.8 Å². The molecule has 0 spiro atoms. The number of rotatable bonds is 14. The first-order valence-corrected chi connectivity index (χ1v) is 14.1. The second kappa shape index (κ2) is 14.1. The minimum absolute atomic E-state index is 0.0761. The molecule has 1 aromatic carbocycles. The van der Waals surface area contributed by atoms with Crippen LogP contribution in [0.5, 0.6) is 5.75 Å². The highest BCUT2D eigenvalue weighted by Crippen LogP contribution is 2.46. The molecule has 0 radical (unpaired) electrons. The quantitative estimate of drug-likeness (QED) is 0.0664. The minimum Gasteiger partial charge on any atom is -0.480 e. The number of benzene rings is 1. The number of aliphatic carboxylic acids is 1. The molecule has 6 atom stereocenters. The van der Waals surface area contributed by atoms with Crippen molar-refractivity contribution >= 4 is 25.7 Å². The van der Waals surface area contributed by atoms with Crippen LogP contribution in [0.25, 0.3) is 0 Å². The van der Waals surface area contributed by atoms with Crippen molar-refractivity contribution in [2.24, 2.45) is 0 Å². The molecule has 1 fully saturated rings. The average molecular weight is 617 g/mol. The summed E-state index contributed by atoms with van der Waals surface area (Å²) in [6, 6.07) is 7.77. The van der Waals surface area contributed by atoms with E-state index in [0.29, 0.717) is 0 Å². The van der Waals surface area contributed by atoms with Crippen LogP contribution in [0.3, 0.4) is 0 Å². The molecular formula is C24H33N4O13P. The number of aliphatic hydroxyl groups is 2. The molecule has 5 N–H and O–H groups in total. The number of nitrogens with one attached hydrogen (secondary N) is 2. The largest absolute Gasteiger partial charge is 0.510 e. The number of nitrogens with zero attached hydrogens (tertiary/aromatic N) is 2. The molecule has 1 aromatic heterocycles. The predicted octanol–water partition coefficient (Wildman–Crippen LogP) is 1.38. The van der Waals surface area contributed by atoms with Gasteiger partial charge in [-0.05, 0) is 45.9 Å². The van der Waals surface area contributed by atoms with Gasteiger partial charge >= 0.3 is 25.6 Å². The molecule has 1 aliphatic rings. The number of carbonyl (C=O) groups is 2. The van der Waals surface area contributed by atoms with Crippen molar-refractivity contribution in [3.05, 3.63) is 53.1 Å². The van der Waals surface area contributed by atoms with Gasteiger partial charge in [0.1, 0.15) is 29.6 Å². The number of carbonyl (C=O) groups excluding carboxylic acids is 1. The van der Waals surface area contributed by atoms with Gasteiger partial charge in [-0.1, -0.05) is 18.2 Å². The maximum absolute atomic E-state index is 13.4. The monoisotopic (exact) mass is 616 g/mol. The van der Waals surface area contributed by atoms with Gasteiger partial charge in [0.05, 0.1) is 12.7 Å². The van der Waals surface area contributed by atoms with E-state index in [1.54, 1.807) is 32.0 Å². The van der Waals surface area contributed by atoms with Crippen molar-refractivity contribution in [1.29, 1.82) is 0 Å². The topological polar surface area (TPSA) is 226 Å². The van der Waals surface area contributed by atoms with Crippen molar-refractivity contribution < 1.29 is 57.6 Å². The van der Waals surface area contributed by atoms with E-state index in [1.165, 1.54) is 38.2 Å². The summed E-state index contributed by atoms with van der Waals surface area (Å²) in [5.74, 6) is -1.29. The van der Waals surface area contributed by atoms with Crippen molar-refractivity contribution in [3.63, 3.8) is 0 Å². The SMILES string of the molecule is CC(C)OC(=O)OCONc1ccn([C@@H]2O[C@H](COP(=O)(N[C@@H](C)C(=O)O)Oc3ccccc3)C(O)[C@@]2(C)O)c(=O)n1. The van der Waals surface area contributed by atoms with E-state index in [9.17, 15) is 34.3 Å². The first-order valence-electron chi connectivity index (χ1n) is 12.6. The Bertz CT molecular complexity index is 1320. The van der Waals surface area contributed by atoms with Gasteiger partial charge in [0, 0.05) is 6.20 Å².